The van der Waals surface area contributed by atoms with Crippen LogP contribution in [0.2, 0.25) is 0 Å². The average molecular weight is 675 g/mol. The molecule has 4 rings (SSSR count). The highest BCUT2D eigenvalue weighted by Gasteiger charge is 2.76. The molecule has 242 valence electrons. The van der Waals surface area contributed by atoms with Gasteiger partial charge in [-0.15, -0.1) is 13.2 Å². The highest BCUT2D eigenvalue weighted by atomic mass is 79.9. The first-order valence-electron chi connectivity index (χ1n) is 16.1. The number of halogens is 1. The van der Waals surface area contributed by atoms with Gasteiger partial charge in [0.05, 0.1) is 24.5 Å². The molecule has 1 spiro atoms. The zero-order valence-corrected chi connectivity index (χ0v) is 27.8. The molecule has 0 aromatic heterocycles. The Labute approximate surface area is 270 Å². The van der Waals surface area contributed by atoms with Crippen molar-refractivity contribution in [2.24, 2.45) is 11.8 Å². The smallest absolute Gasteiger partial charge is 0.248 e. The summed E-state index contributed by atoms with van der Waals surface area (Å²) in [7, 11) is 0. The highest BCUT2D eigenvalue weighted by Crippen LogP contribution is 2.60. The Morgan fingerprint density at radius 1 is 1.09 bits per heavy atom. The number of benzene rings is 1. The van der Waals surface area contributed by atoms with Crippen LogP contribution in [0.3, 0.4) is 0 Å². The van der Waals surface area contributed by atoms with Crippen LogP contribution in [0.5, 0.6) is 5.75 Å². The first-order chi connectivity index (χ1) is 21.3. The molecule has 3 fully saturated rings. The maximum absolute atomic E-state index is 14.5. The maximum atomic E-state index is 14.5. The summed E-state index contributed by atoms with van der Waals surface area (Å²) in [6, 6.07) is 6.48. The van der Waals surface area contributed by atoms with Gasteiger partial charge in [-0.05, 0) is 63.3 Å². The molecule has 10 heteroatoms. The normalized spacial score (nSPS) is 26.9. The molecular weight excluding hydrogens is 626 g/mol. The molecule has 3 unspecified atom stereocenters. The van der Waals surface area contributed by atoms with E-state index >= 15 is 0 Å². The molecule has 6 atom stereocenters. The molecule has 0 saturated carbocycles. The van der Waals surface area contributed by atoms with Gasteiger partial charge in [0.15, 0.2) is 0 Å². The van der Waals surface area contributed by atoms with E-state index < -0.39 is 29.6 Å². The van der Waals surface area contributed by atoms with Crippen molar-refractivity contribution >= 4 is 39.3 Å². The summed E-state index contributed by atoms with van der Waals surface area (Å²) in [6.07, 6.45) is 8.16. The van der Waals surface area contributed by atoms with Gasteiger partial charge in [-0.2, -0.15) is 0 Å². The van der Waals surface area contributed by atoms with E-state index in [9.17, 15) is 19.5 Å². The van der Waals surface area contributed by atoms with Gasteiger partial charge in [-0.25, -0.2) is 0 Å². The molecular formula is C34H48BrN3O6. The lowest BCUT2D eigenvalue weighted by atomic mass is 9.70. The van der Waals surface area contributed by atoms with Crippen molar-refractivity contribution in [1.29, 1.82) is 0 Å². The van der Waals surface area contributed by atoms with E-state index in [2.05, 4.69) is 36.0 Å². The van der Waals surface area contributed by atoms with Gasteiger partial charge in [-0.3, -0.25) is 14.4 Å². The third-order valence-corrected chi connectivity index (χ3v) is 9.94. The number of carbonyl (C=O) groups excluding carboxylic acids is 3. The van der Waals surface area contributed by atoms with Crippen molar-refractivity contribution < 1.29 is 29.0 Å². The van der Waals surface area contributed by atoms with Crippen LogP contribution in [0, 0.1) is 11.8 Å². The minimum Gasteiger partial charge on any atom is -0.494 e. The monoisotopic (exact) mass is 673 g/mol. The van der Waals surface area contributed by atoms with Gasteiger partial charge >= 0.3 is 0 Å². The number of hydrogen-bond acceptors (Lipinski definition) is 6. The summed E-state index contributed by atoms with van der Waals surface area (Å²) in [5, 5.41) is 9.33. The number of amides is 3. The van der Waals surface area contributed by atoms with Gasteiger partial charge in [0.25, 0.3) is 0 Å². The second-order valence-corrected chi connectivity index (χ2v) is 13.1. The molecule has 1 aromatic rings. The largest absolute Gasteiger partial charge is 0.494 e. The molecule has 3 amide bonds. The van der Waals surface area contributed by atoms with Gasteiger partial charge in [0, 0.05) is 43.3 Å². The molecule has 0 aliphatic carbocycles. The van der Waals surface area contributed by atoms with E-state index in [0.717, 1.165) is 25.7 Å². The third kappa shape index (κ3) is 6.63. The molecule has 9 nitrogen and oxygen atoms in total. The SMILES string of the molecule is C=CCN(CCCCC)C(=O)C1N(CCCCCO)C(=O)[C@@H]2[C@H](C(=O)N(CC=C)c3ccc(OCC)cc3)[C@H]3OC12CC3Br. The van der Waals surface area contributed by atoms with Crippen molar-refractivity contribution in [3.63, 3.8) is 0 Å². The van der Waals surface area contributed by atoms with E-state index in [1.807, 2.05) is 31.2 Å². The summed E-state index contributed by atoms with van der Waals surface area (Å²) in [4.78, 5) is 48.3. The fourth-order valence-corrected chi connectivity index (χ4v) is 8.14. The molecule has 1 N–H and O–H groups in total. The third-order valence-electron chi connectivity index (χ3n) is 9.10. The lowest BCUT2D eigenvalue weighted by Crippen LogP contribution is -2.57. The minimum atomic E-state index is -1.12. The number of alkyl halides is 1. The maximum Gasteiger partial charge on any atom is 0.248 e. The van der Waals surface area contributed by atoms with Gasteiger partial charge in [-0.1, -0.05) is 47.8 Å². The Bertz CT molecular complexity index is 1180. The zero-order valence-electron chi connectivity index (χ0n) is 26.2. The Morgan fingerprint density at radius 3 is 2.45 bits per heavy atom. The molecule has 1 aromatic carbocycles. The number of anilines is 1. The first kappa shape index (κ1) is 34.2. The number of likely N-dealkylation sites (tertiary alicyclic amines) is 1. The lowest BCUT2D eigenvalue weighted by molar-refractivity contribution is -0.147. The number of aliphatic hydroxyl groups is 1. The van der Waals surface area contributed by atoms with Gasteiger partial charge in [0.2, 0.25) is 17.7 Å². The van der Waals surface area contributed by atoms with Crippen LogP contribution in [0.15, 0.2) is 49.6 Å². The molecule has 0 radical (unpaired) electrons. The Hall–Kier alpha value is -2.69. The van der Waals surface area contributed by atoms with Crippen LogP contribution >= 0.6 is 15.9 Å². The minimum absolute atomic E-state index is 0.0741. The van der Waals surface area contributed by atoms with Crippen LogP contribution in [0.4, 0.5) is 5.69 Å². The molecule has 3 aliphatic heterocycles. The summed E-state index contributed by atoms with van der Waals surface area (Å²) < 4.78 is 12.3. The number of aliphatic hydroxyl groups excluding tert-OH is 1. The van der Waals surface area contributed by atoms with Crippen molar-refractivity contribution in [3.8, 4) is 5.75 Å². The standard InChI is InChI=1S/C34H48BrN3O6/c1-5-9-11-20-36(18-6-2)33(42)30-34-23-26(35)29(44-34)27(28(34)32(41)38(30)21-12-10-13-22-39)31(40)37(19-7-3)24-14-16-25(17-15-24)43-8-4/h6-7,14-17,26-30,39H,2-3,5,8-13,18-23H2,1,4H3/t26?,27-,28-,29-,30?,34?/m0/s1. The summed E-state index contributed by atoms with van der Waals surface area (Å²) in [6.45, 7) is 14.0. The molecule has 3 saturated heterocycles. The molecule has 3 aliphatic rings. The predicted molar refractivity (Wildman–Crippen MR) is 175 cm³/mol. The number of carbonyl (C=O) groups is 3. The van der Waals surface area contributed by atoms with Crippen LogP contribution < -0.4 is 9.64 Å². The zero-order chi connectivity index (χ0) is 31.9. The quantitative estimate of drug-likeness (QED) is 0.138. The Kier molecular flexibility index (Phi) is 12.1. The van der Waals surface area contributed by atoms with E-state index in [4.69, 9.17) is 9.47 Å². The van der Waals surface area contributed by atoms with E-state index in [0.29, 0.717) is 56.9 Å². The Balaban J connectivity index is 1.71. The molecule has 3 heterocycles. The number of nitrogens with zero attached hydrogens (tertiary/aromatic N) is 3. The number of hydrogen-bond donors (Lipinski definition) is 1. The summed E-state index contributed by atoms with van der Waals surface area (Å²) in [5.41, 5.74) is -0.444. The van der Waals surface area contributed by atoms with Gasteiger partial charge in [0.1, 0.15) is 17.4 Å². The van der Waals surface area contributed by atoms with Crippen molar-refractivity contribution in [1.82, 2.24) is 9.80 Å². The number of rotatable bonds is 18. The van der Waals surface area contributed by atoms with Crippen molar-refractivity contribution in [2.75, 3.05) is 44.3 Å². The van der Waals surface area contributed by atoms with Gasteiger partial charge < -0.3 is 29.3 Å². The topological polar surface area (TPSA) is 99.6 Å². The molecule has 2 bridgehead atoms. The Morgan fingerprint density at radius 2 is 1.82 bits per heavy atom. The number of unbranched alkanes of at least 4 members (excludes halogenated alkanes) is 4. The summed E-state index contributed by atoms with van der Waals surface area (Å²) >= 11 is 3.78. The predicted octanol–water partition coefficient (Wildman–Crippen LogP) is 4.72. The number of ether oxygens (including phenoxy) is 2. The number of fused-ring (bicyclic) bond motifs is 1. The fraction of sp³-hybridized carbons (Fsp3) is 0.618. The molecule has 44 heavy (non-hydrogen) atoms. The van der Waals surface area contributed by atoms with Crippen LogP contribution in [-0.4, -0.2) is 94.6 Å². The van der Waals surface area contributed by atoms with Crippen LogP contribution in [0.1, 0.15) is 58.8 Å². The highest BCUT2D eigenvalue weighted by molar-refractivity contribution is 9.09. The second-order valence-electron chi connectivity index (χ2n) is 11.9. The second kappa shape index (κ2) is 15.5. The van der Waals surface area contributed by atoms with Crippen molar-refractivity contribution in [3.05, 3.63) is 49.6 Å². The first-order valence-corrected chi connectivity index (χ1v) is 17.0. The lowest BCUT2D eigenvalue weighted by Gasteiger charge is -2.37. The van der Waals surface area contributed by atoms with Crippen LogP contribution in [-0.2, 0) is 19.1 Å². The summed E-state index contributed by atoms with van der Waals surface area (Å²) in [5.74, 6) is -1.42. The van der Waals surface area contributed by atoms with E-state index in [1.54, 1.807) is 26.9 Å². The fourth-order valence-electron chi connectivity index (χ4n) is 7.20. The van der Waals surface area contributed by atoms with E-state index in [1.165, 1.54) is 0 Å². The van der Waals surface area contributed by atoms with E-state index in [-0.39, 0.29) is 35.7 Å². The average Bonchev–Trinajstić information content (AvgIpc) is 3.61. The van der Waals surface area contributed by atoms with Crippen LogP contribution in [0.25, 0.3) is 0 Å². The van der Waals surface area contributed by atoms with Crippen molar-refractivity contribution in [2.45, 2.75) is 81.4 Å².